The van der Waals surface area contributed by atoms with Gasteiger partial charge in [0, 0.05) is 91.6 Å². The summed E-state index contributed by atoms with van der Waals surface area (Å²) in [6.45, 7) is 14.1. The average Bonchev–Trinajstić information content (AvgIpc) is 3.91. The van der Waals surface area contributed by atoms with Crippen molar-refractivity contribution in [3.05, 3.63) is 82.4 Å². The molecule has 63 heavy (non-hydrogen) atoms. The number of carbonyl (C=O) groups is 3. The Kier molecular flexibility index (Phi) is 11.5. The fourth-order valence-electron chi connectivity index (χ4n) is 8.86. The van der Waals surface area contributed by atoms with Crippen LogP contribution in [0.25, 0.3) is 44.6 Å². The van der Waals surface area contributed by atoms with E-state index in [0.717, 1.165) is 124 Å². The quantitative estimate of drug-likeness (QED) is 0.0974. The Labute approximate surface area is 366 Å². The second-order valence-electron chi connectivity index (χ2n) is 17.9. The molecule has 2 saturated heterocycles. The van der Waals surface area contributed by atoms with Crippen LogP contribution in [0.3, 0.4) is 0 Å². The maximum absolute atomic E-state index is 12.6. The second-order valence-corrected chi connectivity index (χ2v) is 17.9. The molecule has 0 bridgehead atoms. The summed E-state index contributed by atoms with van der Waals surface area (Å²) in [5.41, 5.74) is 11.4. The molecule has 2 atom stereocenters. The molecule has 16 nitrogen and oxygen atoms in total. The Morgan fingerprint density at radius 2 is 1.25 bits per heavy atom. The number of aromatic nitrogens is 6. The van der Waals surface area contributed by atoms with E-state index in [2.05, 4.69) is 36.6 Å². The summed E-state index contributed by atoms with van der Waals surface area (Å²) in [7, 11) is 0. The lowest BCUT2D eigenvalue weighted by molar-refractivity contribution is 0.0206. The van der Waals surface area contributed by atoms with Crippen LogP contribution in [-0.2, 0) is 17.6 Å². The number of nitrogens with one attached hydrogen (secondary N) is 7. The monoisotopic (exact) mass is 852 g/mol. The van der Waals surface area contributed by atoms with Crippen molar-refractivity contribution in [3.8, 4) is 22.5 Å². The van der Waals surface area contributed by atoms with Gasteiger partial charge in [-0.05, 0) is 91.1 Å². The van der Waals surface area contributed by atoms with E-state index in [-0.39, 0.29) is 23.9 Å². The maximum Gasteiger partial charge on any atom is 0.410 e. The van der Waals surface area contributed by atoms with E-state index in [0.29, 0.717) is 43.6 Å². The highest BCUT2D eigenvalue weighted by Crippen LogP contribution is 2.33. The number of aromatic amines is 2. The molecule has 0 radical (unpaired) electrons. The lowest BCUT2D eigenvalue weighted by Crippen LogP contribution is -2.47. The van der Waals surface area contributed by atoms with Gasteiger partial charge in [-0.3, -0.25) is 9.59 Å². The third kappa shape index (κ3) is 9.03. The zero-order chi connectivity index (χ0) is 43.8. The predicted molar refractivity (Wildman–Crippen MR) is 244 cm³/mol. The number of ether oxygens (including phenoxy) is 1. The van der Waals surface area contributed by atoms with Gasteiger partial charge in [0.1, 0.15) is 28.3 Å². The number of piperidine rings is 2. The zero-order valence-corrected chi connectivity index (χ0v) is 36.6. The largest absolute Gasteiger partial charge is 0.444 e. The minimum Gasteiger partial charge on any atom is -0.444 e. The van der Waals surface area contributed by atoms with Crippen molar-refractivity contribution in [3.63, 3.8) is 0 Å². The van der Waals surface area contributed by atoms with E-state index in [1.807, 2.05) is 83.1 Å². The summed E-state index contributed by atoms with van der Waals surface area (Å²) in [6.07, 6.45) is 5.42. The van der Waals surface area contributed by atoms with Gasteiger partial charge in [0.15, 0.2) is 0 Å². The molecule has 328 valence electrons. The molecule has 2 aromatic carbocycles. The van der Waals surface area contributed by atoms with Crippen LogP contribution in [0.4, 0.5) is 16.4 Å². The number of nitrogens with zero attached hydrogens (tertiary/aromatic N) is 5. The van der Waals surface area contributed by atoms with Crippen molar-refractivity contribution in [2.24, 2.45) is 0 Å². The van der Waals surface area contributed by atoms with Crippen molar-refractivity contribution in [2.45, 2.75) is 90.8 Å². The number of carbonyl (C=O) groups excluding carboxylic acids is 3. The number of hydrogen-bond acceptors (Lipinski definition) is 11. The van der Waals surface area contributed by atoms with Gasteiger partial charge in [-0.15, -0.1) is 0 Å². The molecular formula is C47H56N12O4. The Morgan fingerprint density at radius 1 is 0.714 bits per heavy atom. The normalized spacial score (nSPS) is 18.7. The highest BCUT2D eigenvalue weighted by atomic mass is 16.6. The zero-order valence-electron chi connectivity index (χ0n) is 36.6. The molecular weight excluding hydrogens is 797 g/mol. The van der Waals surface area contributed by atoms with Gasteiger partial charge in [-0.25, -0.2) is 24.7 Å². The van der Waals surface area contributed by atoms with E-state index < -0.39 is 5.60 Å². The van der Waals surface area contributed by atoms with Gasteiger partial charge in [0.05, 0.1) is 33.5 Å². The van der Waals surface area contributed by atoms with Crippen molar-refractivity contribution in [1.29, 1.82) is 0 Å². The first kappa shape index (κ1) is 41.8. The van der Waals surface area contributed by atoms with Crippen LogP contribution < -0.4 is 26.6 Å². The van der Waals surface area contributed by atoms with Crippen LogP contribution in [0.2, 0.25) is 0 Å². The maximum atomic E-state index is 12.6. The van der Waals surface area contributed by atoms with Gasteiger partial charge in [0.2, 0.25) is 0 Å². The van der Waals surface area contributed by atoms with E-state index in [1.165, 1.54) is 6.42 Å². The van der Waals surface area contributed by atoms with E-state index in [1.54, 1.807) is 4.90 Å². The number of rotatable bonds is 6. The number of likely N-dealkylation sites (tertiary alicyclic amines) is 1. The summed E-state index contributed by atoms with van der Waals surface area (Å²) in [5.74, 6) is 1.47. The van der Waals surface area contributed by atoms with Crippen LogP contribution in [0.15, 0.2) is 48.5 Å². The van der Waals surface area contributed by atoms with E-state index in [4.69, 9.17) is 24.7 Å². The number of aryl methyl sites for hydroxylation is 2. The Morgan fingerprint density at radius 3 is 1.76 bits per heavy atom. The van der Waals surface area contributed by atoms with Gasteiger partial charge in [-0.1, -0.05) is 24.3 Å². The van der Waals surface area contributed by atoms with Gasteiger partial charge < -0.3 is 46.2 Å². The second kappa shape index (κ2) is 17.3. The highest BCUT2D eigenvalue weighted by molar-refractivity contribution is 6.01. The van der Waals surface area contributed by atoms with Gasteiger partial charge in [-0.2, -0.15) is 0 Å². The number of benzene rings is 2. The lowest BCUT2D eigenvalue weighted by atomic mass is 10.1. The molecule has 10 rings (SSSR count). The van der Waals surface area contributed by atoms with Crippen LogP contribution in [0.1, 0.15) is 89.9 Å². The highest BCUT2D eigenvalue weighted by Gasteiger charge is 2.29. The van der Waals surface area contributed by atoms with E-state index >= 15 is 0 Å². The SMILES string of the molecule is Cc1nc2cccc(-c3cc4c([nH]3)CCNC4=O)c2nc1N[C@@H]1CCCN(C(=O)OC(C)(C)C)C1.Cc1nc2cccc(-c3cc4c([nH]3)CCNC4=O)c2nc1N[C@@H]1CCCNC1. The summed E-state index contributed by atoms with van der Waals surface area (Å²) < 4.78 is 5.56. The summed E-state index contributed by atoms with van der Waals surface area (Å²) in [4.78, 5) is 65.1. The van der Waals surface area contributed by atoms with Crippen molar-refractivity contribution >= 4 is 51.6 Å². The standard InChI is InChI=1S/C26H32N6O3.C21H24N6O/c1-15-23(29-16-7-6-12-32(14-16)25(34)35-26(2,3)4)31-22-17(8-5-9-20(22)28-15)21-13-18-19(30-21)10-11-27-24(18)33;1-12-20(25-13-4-3-8-22-11-13)27-19-14(5-2-6-17(19)24-12)18-10-15-16(26-18)7-9-23-21(15)28/h5,8-9,13,16,30H,6-7,10-12,14H2,1-4H3,(H,27,33)(H,29,31);2,5-6,10,13,22,26H,3-4,7-9,11H2,1H3,(H,23,28)(H,25,27)/t16-;13-/m11/s1. The first-order valence-corrected chi connectivity index (χ1v) is 22.1. The molecule has 6 aromatic rings. The molecule has 0 saturated carbocycles. The van der Waals surface area contributed by atoms with Crippen LogP contribution in [0.5, 0.6) is 0 Å². The first-order valence-electron chi connectivity index (χ1n) is 22.1. The topological polar surface area (TPSA) is 207 Å². The number of hydrogen-bond donors (Lipinski definition) is 7. The lowest BCUT2D eigenvalue weighted by Gasteiger charge is -2.34. The third-order valence-corrected chi connectivity index (χ3v) is 12.0. The molecule has 2 fully saturated rings. The average molecular weight is 853 g/mol. The molecule has 4 aliphatic heterocycles. The third-order valence-electron chi connectivity index (χ3n) is 12.0. The van der Waals surface area contributed by atoms with Crippen molar-refractivity contribution in [1.82, 2.24) is 50.8 Å². The molecule has 0 aliphatic carbocycles. The molecule has 16 heteroatoms. The smallest absolute Gasteiger partial charge is 0.410 e. The number of amides is 3. The number of para-hydroxylation sites is 2. The molecule has 4 aromatic heterocycles. The van der Waals surface area contributed by atoms with Gasteiger partial charge >= 0.3 is 6.09 Å². The molecule has 4 aliphatic rings. The Balaban J connectivity index is 0.000000164. The molecule has 8 heterocycles. The first-order chi connectivity index (χ1) is 30.4. The van der Waals surface area contributed by atoms with Crippen molar-refractivity contribution < 1.29 is 19.1 Å². The van der Waals surface area contributed by atoms with E-state index in [9.17, 15) is 14.4 Å². The molecule has 0 unspecified atom stereocenters. The minimum absolute atomic E-state index is 0.0157. The summed E-state index contributed by atoms with van der Waals surface area (Å²) in [6, 6.07) is 16.2. The molecule has 3 amide bonds. The summed E-state index contributed by atoms with van der Waals surface area (Å²) >= 11 is 0. The van der Waals surface area contributed by atoms with Crippen LogP contribution in [-0.4, -0.2) is 110 Å². The van der Waals surface area contributed by atoms with Crippen LogP contribution >= 0.6 is 0 Å². The summed E-state index contributed by atoms with van der Waals surface area (Å²) in [5, 5.41) is 16.3. The van der Waals surface area contributed by atoms with Crippen LogP contribution in [0, 0.1) is 13.8 Å². The van der Waals surface area contributed by atoms with Gasteiger partial charge in [0.25, 0.3) is 11.8 Å². The molecule has 0 spiro atoms. The fraction of sp³-hybridized carbons (Fsp3) is 0.426. The number of H-pyrrole nitrogens is 2. The Bertz CT molecular complexity index is 2710. The molecule has 7 N–H and O–H groups in total. The fourth-order valence-corrected chi connectivity index (χ4v) is 8.86. The number of fused-ring (bicyclic) bond motifs is 4. The van der Waals surface area contributed by atoms with Crippen molar-refractivity contribution in [2.75, 3.05) is 49.9 Å². The predicted octanol–water partition coefficient (Wildman–Crippen LogP) is 6.41. The Hall–Kier alpha value is -6.55. The number of anilines is 2. The minimum atomic E-state index is -0.522.